The summed E-state index contributed by atoms with van der Waals surface area (Å²) in [5.41, 5.74) is 7.81. The Morgan fingerprint density at radius 1 is 1.08 bits per heavy atom. The average Bonchev–Trinajstić information content (AvgIpc) is 2.55. The molecule has 0 saturated carbocycles. The molecule has 2 amide bonds. The molecule has 2 unspecified atom stereocenters. The highest BCUT2D eigenvalue weighted by molar-refractivity contribution is 6.04. The van der Waals surface area contributed by atoms with Crippen LogP contribution in [0.2, 0.25) is 0 Å². The predicted octanol–water partition coefficient (Wildman–Crippen LogP) is 2.25. The molecule has 0 aliphatic carbocycles. The molecule has 6 nitrogen and oxygen atoms in total. The van der Waals surface area contributed by atoms with Crippen LogP contribution in [0.5, 0.6) is 0 Å². The van der Waals surface area contributed by atoms with Crippen LogP contribution >= 0.6 is 0 Å². The van der Waals surface area contributed by atoms with E-state index in [4.69, 9.17) is 5.73 Å². The topological polar surface area (TPSA) is 97.1 Å². The van der Waals surface area contributed by atoms with Gasteiger partial charge in [0, 0.05) is 36.1 Å². The summed E-state index contributed by atoms with van der Waals surface area (Å²) in [5, 5.41) is 5.72. The Hall–Kier alpha value is -2.73. The lowest BCUT2D eigenvalue weighted by molar-refractivity contribution is -0.122. The summed E-state index contributed by atoms with van der Waals surface area (Å²) in [4.78, 5) is 27.7. The minimum Gasteiger partial charge on any atom is -0.350 e. The number of aromatic nitrogens is 1. The molecule has 6 heteroatoms. The highest BCUT2D eigenvalue weighted by atomic mass is 16.2. The Labute approximate surface area is 141 Å². The van der Waals surface area contributed by atoms with Crippen molar-refractivity contribution in [3.8, 4) is 0 Å². The van der Waals surface area contributed by atoms with Crippen LogP contribution < -0.4 is 16.4 Å². The van der Waals surface area contributed by atoms with Crippen molar-refractivity contribution in [3.63, 3.8) is 0 Å². The van der Waals surface area contributed by atoms with Crippen LogP contribution in [0, 0.1) is 0 Å². The molecule has 2 rings (SSSR count). The lowest BCUT2D eigenvalue weighted by Gasteiger charge is -2.16. The number of nitrogens with zero attached hydrogens (tertiary/aromatic N) is 1. The van der Waals surface area contributed by atoms with Crippen molar-refractivity contribution in [2.24, 2.45) is 5.73 Å². The van der Waals surface area contributed by atoms with Crippen LogP contribution in [-0.4, -0.2) is 22.8 Å². The van der Waals surface area contributed by atoms with E-state index in [1.54, 1.807) is 31.5 Å². The van der Waals surface area contributed by atoms with Gasteiger partial charge in [0.25, 0.3) is 5.91 Å². The molecule has 1 aromatic heterocycles. The number of benzene rings is 1. The molecule has 0 bridgehead atoms. The van der Waals surface area contributed by atoms with Gasteiger partial charge in [-0.2, -0.15) is 0 Å². The van der Waals surface area contributed by atoms with Crippen LogP contribution in [0.1, 0.15) is 42.2 Å². The third-order valence-corrected chi connectivity index (χ3v) is 3.50. The Bertz CT molecular complexity index is 684. The average molecular weight is 326 g/mol. The summed E-state index contributed by atoms with van der Waals surface area (Å²) in [7, 11) is 0. The molecule has 0 aliphatic rings. The summed E-state index contributed by atoms with van der Waals surface area (Å²) in [6.45, 7) is 3.70. The van der Waals surface area contributed by atoms with Gasteiger partial charge in [-0.15, -0.1) is 0 Å². The molecule has 0 fully saturated rings. The van der Waals surface area contributed by atoms with Gasteiger partial charge < -0.3 is 16.4 Å². The van der Waals surface area contributed by atoms with Crippen molar-refractivity contribution in [1.82, 2.24) is 10.3 Å². The molecule has 126 valence electrons. The lowest BCUT2D eigenvalue weighted by atomic mass is 10.1. The molecule has 0 spiro atoms. The molecule has 1 aromatic carbocycles. The second kappa shape index (κ2) is 8.21. The number of anilines is 1. The van der Waals surface area contributed by atoms with Crippen molar-refractivity contribution in [1.29, 1.82) is 0 Å². The van der Waals surface area contributed by atoms with Crippen LogP contribution in [0.3, 0.4) is 0 Å². The second-order valence-electron chi connectivity index (χ2n) is 5.78. The van der Waals surface area contributed by atoms with Gasteiger partial charge in [0.1, 0.15) is 0 Å². The molecular formula is C18H22N4O2. The van der Waals surface area contributed by atoms with Crippen molar-refractivity contribution in [2.75, 3.05) is 5.32 Å². The number of carbonyl (C=O) groups is 2. The minimum absolute atomic E-state index is 0.0763. The largest absolute Gasteiger partial charge is 0.350 e. The standard InChI is InChI=1S/C18H22N4O2/c1-12(19)11-17(23)21-13(2)14-3-5-16(6-4-14)22-18(24)15-7-9-20-10-8-15/h3-10,12-13H,11,19H2,1-2H3,(H,21,23)(H,22,24). The fraction of sp³-hybridized carbons (Fsp3) is 0.278. The molecule has 0 saturated heterocycles. The summed E-state index contributed by atoms with van der Waals surface area (Å²) in [6, 6.07) is 10.4. The van der Waals surface area contributed by atoms with Gasteiger partial charge in [-0.05, 0) is 43.7 Å². The SMILES string of the molecule is CC(N)CC(=O)NC(C)c1ccc(NC(=O)c2ccncc2)cc1. The van der Waals surface area contributed by atoms with Gasteiger partial charge in [-0.1, -0.05) is 12.1 Å². The van der Waals surface area contributed by atoms with Crippen LogP contribution in [-0.2, 0) is 4.79 Å². The lowest BCUT2D eigenvalue weighted by Crippen LogP contribution is -2.31. The number of carbonyl (C=O) groups excluding carboxylic acids is 2. The van der Waals surface area contributed by atoms with Crippen molar-refractivity contribution < 1.29 is 9.59 Å². The molecule has 4 N–H and O–H groups in total. The first-order valence-corrected chi connectivity index (χ1v) is 7.82. The molecule has 2 atom stereocenters. The maximum absolute atomic E-state index is 12.1. The maximum Gasteiger partial charge on any atom is 0.255 e. The Morgan fingerprint density at radius 2 is 1.71 bits per heavy atom. The Balaban J connectivity index is 1.95. The Kier molecular flexibility index (Phi) is 6.03. The third kappa shape index (κ3) is 5.17. The zero-order valence-electron chi connectivity index (χ0n) is 13.8. The molecule has 2 aromatic rings. The minimum atomic E-state index is -0.191. The first-order chi connectivity index (χ1) is 11.5. The van der Waals surface area contributed by atoms with Crippen molar-refractivity contribution in [2.45, 2.75) is 32.4 Å². The van der Waals surface area contributed by atoms with E-state index in [0.717, 1.165) is 5.56 Å². The molecular weight excluding hydrogens is 304 g/mol. The van der Waals surface area contributed by atoms with Crippen LogP contribution in [0.25, 0.3) is 0 Å². The van der Waals surface area contributed by atoms with Crippen LogP contribution in [0.15, 0.2) is 48.8 Å². The van der Waals surface area contributed by atoms with Gasteiger partial charge in [-0.25, -0.2) is 0 Å². The highest BCUT2D eigenvalue weighted by Crippen LogP contribution is 2.17. The summed E-state index contributed by atoms with van der Waals surface area (Å²) in [6.07, 6.45) is 3.44. The quantitative estimate of drug-likeness (QED) is 0.758. The van der Waals surface area contributed by atoms with E-state index in [1.165, 1.54) is 0 Å². The van der Waals surface area contributed by atoms with Gasteiger partial charge in [0.15, 0.2) is 0 Å². The van der Waals surface area contributed by atoms with Gasteiger partial charge >= 0.3 is 0 Å². The van der Waals surface area contributed by atoms with Gasteiger partial charge in [0.2, 0.25) is 5.91 Å². The zero-order valence-corrected chi connectivity index (χ0v) is 13.8. The fourth-order valence-electron chi connectivity index (χ4n) is 2.24. The molecule has 0 aliphatic heterocycles. The van der Waals surface area contributed by atoms with E-state index in [9.17, 15) is 9.59 Å². The highest BCUT2D eigenvalue weighted by Gasteiger charge is 2.11. The predicted molar refractivity (Wildman–Crippen MR) is 93.5 cm³/mol. The number of nitrogens with two attached hydrogens (primary N) is 1. The summed E-state index contributed by atoms with van der Waals surface area (Å²) < 4.78 is 0. The number of rotatable bonds is 6. The number of amides is 2. The summed E-state index contributed by atoms with van der Waals surface area (Å²) in [5.74, 6) is -0.268. The number of hydrogen-bond acceptors (Lipinski definition) is 4. The van der Waals surface area contributed by atoms with Gasteiger partial charge in [0.05, 0.1) is 6.04 Å². The first kappa shape index (κ1) is 17.6. The Morgan fingerprint density at radius 3 is 2.29 bits per heavy atom. The molecule has 1 heterocycles. The van der Waals surface area contributed by atoms with Crippen LogP contribution in [0.4, 0.5) is 5.69 Å². The third-order valence-electron chi connectivity index (χ3n) is 3.50. The number of nitrogens with one attached hydrogen (secondary N) is 2. The van der Waals surface area contributed by atoms with Crippen molar-refractivity contribution in [3.05, 3.63) is 59.9 Å². The van der Waals surface area contributed by atoms with E-state index in [0.29, 0.717) is 17.7 Å². The van der Waals surface area contributed by atoms with E-state index >= 15 is 0 Å². The number of hydrogen-bond donors (Lipinski definition) is 3. The van der Waals surface area contributed by atoms with Gasteiger partial charge in [-0.3, -0.25) is 14.6 Å². The maximum atomic E-state index is 12.1. The smallest absolute Gasteiger partial charge is 0.255 e. The second-order valence-corrected chi connectivity index (χ2v) is 5.78. The number of pyridine rings is 1. The monoisotopic (exact) mass is 326 g/mol. The van der Waals surface area contributed by atoms with E-state index in [1.807, 2.05) is 31.2 Å². The van der Waals surface area contributed by atoms with E-state index < -0.39 is 0 Å². The van der Waals surface area contributed by atoms with E-state index in [-0.39, 0.29) is 23.9 Å². The molecule has 0 radical (unpaired) electrons. The van der Waals surface area contributed by atoms with Crippen molar-refractivity contribution >= 4 is 17.5 Å². The fourth-order valence-corrected chi connectivity index (χ4v) is 2.24. The normalized spacial score (nSPS) is 13.0. The first-order valence-electron chi connectivity index (χ1n) is 7.82. The zero-order chi connectivity index (χ0) is 17.5. The van der Waals surface area contributed by atoms with E-state index in [2.05, 4.69) is 15.6 Å². The molecule has 24 heavy (non-hydrogen) atoms. The summed E-state index contributed by atoms with van der Waals surface area (Å²) >= 11 is 0.